The van der Waals surface area contributed by atoms with Crippen LogP contribution in [-0.4, -0.2) is 71.3 Å². The Hall–Kier alpha value is -1.64. The van der Waals surface area contributed by atoms with Crippen LogP contribution in [0, 0.1) is 11.8 Å². The minimum atomic E-state index is -3.67. The second kappa shape index (κ2) is 10.2. The molecule has 0 radical (unpaired) electrons. The summed E-state index contributed by atoms with van der Waals surface area (Å²) in [7, 11) is -3.67. The van der Waals surface area contributed by atoms with Gasteiger partial charge in [0.1, 0.15) is 0 Å². The van der Waals surface area contributed by atoms with E-state index in [0.29, 0.717) is 30.6 Å². The van der Waals surface area contributed by atoms with Crippen LogP contribution in [0.2, 0.25) is 0 Å². The van der Waals surface area contributed by atoms with Crippen LogP contribution < -0.4 is 0 Å². The highest BCUT2D eigenvalue weighted by Gasteiger charge is 2.58. The van der Waals surface area contributed by atoms with Gasteiger partial charge in [-0.15, -0.1) is 12.4 Å². The Kier molecular flexibility index (Phi) is 8.05. The van der Waals surface area contributed by atoms with Crippen LogP contribution in [0.4, 0.5) is 0 Å². The molecule has 4 rings (SSSR count). The van der Waals surface area contributed by atoms with Gasteiger partial charge < -0.3 is 4.90 Å². The van der Waals surface area contributed by atoms with Crippen LogP contribution in [0.3, 0.4) is 0 Å². The fraction of sp³-hybridized carbons (Fsp3) is 0.680. The summed E-state index contributed by atoms with van der Waals surface area (Å²) < 4.78 is 25.7. The van der Waals surface area contributed by atoms with E-state index in [4.69, 9.17) is 0 Å². The van der Waals surface area contributed by atoms with Crippen molar-refractivity contribution in [3.63, 3.8) is 0 Å². The average molecular weight is 512 g/mol. The van der Waals surface area contributed by atoms with Gasteiger partial charge in [0.25, 0.3) is 5.91 Å². The molecule has 0 aliphatic carbocycles. The van der Waals surface area contributed by atoms with E-state index < -0.39 is 28.0 Å². The summed E-state index contributed by atoms with van der Waals surface area (Å²) in [5, 5.41) is 0. The molecule has 3 fully saturated rings. The predicted molar refractivity (Wildman–Crippen MR) is 135 cm³/mol. The Bertz CT molecular complexity index is 1000. The summed E-state index contributed by atoms with van der Waals surface area (Å²) in [5.41, 5.74) is 1.78. The molecular weight excluding hydrogens is 474 g/mol. The van der Waals surface area contributed by atoms with Crippen molar-refractivity contribution >= 4 is 34.2 Å². The fourth-order valence-corrected chi connectivity index (χ4v) is 7.36. The van der Waals surface area contributed by atoms with Crippen molar-refractivity contribution in [2.75, 3.05) is 12.8 Å². The van der Waals surface area contributed by atoms with E-state index in [1.807, 2.05) is 38.1 Å². The SMILES string of the molecule is CC(C)[C@H]1C(=O)N(S(C)(=O)=O)[C@H]2CCN(C(=O)c3ccc(CN4C(C)CCCC4C)cc3)[C@H]12.Cl. The first-order chi connectivity index (χ1) is 15.5. The highest BCUT2D eigenvalue weighted by atomic mass is 35.5. The van der Waals surface area contributed by atoms with Crippen molar-refractivity contribution in [2.45, 2.75) is 84.1 Å². The zero-order valence-corrected chi connectivity index (χ0v) is 22.4. The maximum atomic E-state index is 13.5. The lowest BCUT2D eigenvalue weighted by Crippen LogP contribution is -2.44. The topological polar surface area (TPSA) is 78.0 Å². The van der Waals surface area contributed by atoms with Crippen LogP contribution in [0.25, 0.3) is 0 Å². The number of fused-ring (bicyclic) bond motifs is 1. The predicted octanol–water partition coefficient (Wildman–Crippen LogP) is 3.53. The number of nitrogens with zero attached hydrogens (tertiary/aromatic N) is 3. The molecule has 1 aromatic rings. The molecule has 7 nitrogen and oxygen atoms in total. The Morgan fingerprint density at radius 1 is 1.06 bits per heavy atom. The number of carbonyl (C=O) groups is 2. The van der Waals surface area contributed by atoms with E-state index >= 15 is 0 Å². The van der Waals surface area contributed by atoms with Gasteiger partial charge in [-0.3, -0.25) is 14.5 Å². The number of halogens is 1. The van der Waals surface area contributed by atoms with E-state index in [-0.39, 0.29) is 30.1 Å². The van der Waals surface area contributed by atoms with E-state index in [1.165, 1.54) is 24.8 Å². The zero-order chi connectivity index (χ0) is 24.1. The monoisotopic (exact) mass is 511 g/mol. The van der Waals surface area contributed by atoms with Crippen LogP contribution in [-0.2, 0) is 21.4 Å². The van der Waals surface area contributed by atoms with Crippen LogP contribution in [0.15, 0.2) is 24.3 Å². The van der Waals surface area contributed by atoms with Gasteiger partial charge in [-0.1, -0.05) is 32.4 Å². The molecule has 3 heterocycles. The van der Waals surface area contributed by atoms with E-state index in [1.54, 1.807) is 4.90 Å². The van der Waals surface area contributed by atoms with Gasteiger partial charge >= 0.3 is 0 Å². The first-order valence-electron chi connectivity index (χ1n) is 12.2. The van der Waals surface area contributed by atoms with Gasteiger partial charge in [-0.25, -0.2) is 12.7 Å². The molecule has 0 spiro atoms. The fourth-order valence-electron chi connectivity index (χ4n) is 6.19. The summed E-state index contributed by atoms with van der Waals surface area (Å²) in [6, 6.07) is 8.04. The number of benzene rings is 1. The third kappa shape index (κ3) is 4.86. The van der Waals surface area contributed by atoms with Crippen molar-refractivity contribution in [3.05, 3.63) is 35.4 Å². The van der Waals surface area contributed by atoms with E-state index in [2.05, 4.69) is 18.7 Å². The second-order valence-corrected chi connectivity index (χ2v) is 12.4. The van der Waals surface area contributed by atoms with E-state index in [0.717, 1.165) is 17.1 Å². The summed E-state index contributed by atoms with van der Waals surface area (Å²) in [6.45, 7) is 9.74. The van der Waals surface area contributed by atoms with Crippen molar-refractivity contribution in [1.82, 2.24) is 14.1 Å². The third-order valence-electron chi connectivity index (χ3n) is 7.87. The second-order valence-electron chi connectivity index (χ2n) is 10.5. The highest BCUT2D eigenvalue weighted by molar-refractivity contribution is 7.88. The lowest BCUT2D eigenvalue weighted by Gasteiger charge is -2.39. The van der Waals surface area contributed by atoms with Gasteiger partial charge in [0.05, 0.1) is 24.3 Å². The summed E-state index contributed by atoms with van der Waals surface area (Å²) in [5.74, 6) is -1.05. The third-order valence-corrected chi connectivity index (χ3v) is 9.04. The molecule has 34 heavy (non-hydrogen) atoms. The highest BCUT2D eigenvalue weighted by Crippen LogP contribution is 2.41. The van der Waals surface area contributed by atoms with Crippen LogP contribution in [0.1, 0.15) is 69.3 Å². The summed E-state index contributed by atoms with van der Waals surface area (Å²) >= 11 is 0. The van der Waals surface area contributed by atoms with Gasteiger partial charge in [-0.05, 0) is 56.7 Å². The molecule has 1 aromatic carbocycles. The number of likely N-dealkylation sites (tertiary alicyclic amines) is 2. The van der Waals surface area contributed by atoms with Gasteiger partial charge in [0.15, 0.2) is 0 Å². The maximum Gasteiger partial charge on any atom is 0.254 e. The zero-order valence-electron chi connectivity index (χ0n) is 20.8. The smallest absolute Gasteiger partial charge is 0.254 e. The molecule has 0 N–H and O–H groups in total. The summed E-state index contributed by atoms with van der Waals surface area (Å²) in [4.78, 5) is 30.7. The quantitative estimate of drug-likeness (QED) is 0.604. The van der Waals surface area contributed by atoms with Crippen molar-refractivity contribution < 1.29 is 18.0 Å². The molecular formula is C25H38ClN3O4S. The van der Waals surface area contributed by atoms with Crippen molar-refractivity contribution in [3.8, 4) is 0 Å². The Labute approximate surface area is 210 Å². The number of hydrogen-bond acceptors (Lipinski definition) is 5. The number of piperidine rings is 1. The molecule has 2 unspecified atom stereocenters. The van der Waals surface area contributed by atoms with Gasteiger partial charge in [0.2, 0.25) is 15.9 Å². The molecule has 3 aliphatic rings. The standard InChI is InChI=1S/C25H37N3O4S.ClH/c1-16(2)22-23-21(28(25(22)30)33(5,31)32)13-14-26(23)24(29)20-11-9-19(10-12-20)15-27-17(3)7-6-8-18(27)4;/h9-12,16-18,21-23H,6-8,13-15H2,1-5H3;1H/t17?,18?,21-,22+,23-;/m0./s1. The number of sulfonamides is 1. The van der Waals surface area contributed by atoms with Gasteiger partial charge in [-0.2, -0.15) is 0 Å². The molecule has 3 aliphatic heterocycles. The van der Waals surface area contributed by atoms with Gasteiger partial charge in [0, 0.05) is 30.7 Å². The molecule has 9 heteroatoms. The maximum absolute atomic E-state index is 13.5. The summed E-state index contributed by atoms with van der Waals surface area (Å²) in [6.07, 6.45) is 5.29. The minimum Gasteiger partial charge on any atom is -0.333 e. The number of rotatable bonds is 5. The van der Waals surface area contributed by atoms with Crippen molar-refractivity contribution in [2.24, 2.45) is 11.8 Å². The normalized spacial score (nSPS) is 29.9. The number of amides is 2. The number of hydrogen-bond donors (Lipinski definition) is 0. The Morgan fingerprint density at radius 2 is 1.65 bits per heavy atom. The largest absolute Gasteiger partial charge is 0.333 e. The molecule has 0 bridgehead atoms. The van der Waals surface area contributed by atoms with Crippen LogP contribution >= 0.6 is 12.4 Å². The Morgan fingerprint density at radius 3 is 2.18 bits per heavy atom. The molecule has 190 valence electrons. The van der Waals surface area contributed by atoms with Crippen molar-refractivity contribution in [1.29, 1.82) is 0 Å². The average Bonchev–Trinajstić information content (AvgIpc) is 3.26. The lowest BCUT2D eigenvalue weighted by molar-refractivity contribution is -0.129. The first-order valence-corrected chi connectivity index (χ1v) is 14.0. The molecule has 0 aromatic heterocycles. The molecule has 0 saturated carbocycles. The minimum absolute atomic E-state index is 0. The Balaban J connectivity index is 0.00000324. The molecule has 3 saturated heterocycles. The lowest BCUT2D eigenvalue weighted by atomic mass is 9.88. The van der Waals surface area contributed by atoms with E-state index in [9.17, 15) is 18.0 Å². The molecule has 2 amide bonds. The molecule has 5 atom stereocenters. The number of carbonyl (C=O) groups excluding carboxylic acids is 2. The first kappa shape index (κ1) is 27.0. The van der Waals surface area contributed by atoms with Crippen LogP contribution in [0.5, 0.6) is 0 Å².